The van der Waals surface area contributed by atoms with E-state index in [2.05, 4.69) is 20.9 Å². The van der Waals surface area contributed by atoms with E-state index >= 15 is 0 Å². The van der Waals surface area contributed by atoms with Crippen molar-refractivity contribution in [1.29, 1.82) is 5.41 Å². The van der Waals surface area contributed by atoms with Crippen molar-refractivity contribution in [3.05, 3.63) is 23.8 Å². The Hall–Kier alpha value is -2.41. The summed E-state index contributed by atoms with van der Waals surface area (Å²) in [5.74, 6) is -0.711. The van der Waals surface area contributed by atoms with Gasteiger partial charge in [0, 0.05) is 63.6 Å². The predicted octanol–water partition coefficient (Wildman–Crippen LogP) is 0.847. The minimum atomic E-state index is -0.588. The molecule has 25 heavy (non-hydrogen) atoms. The van der Waals surface area contributed by atoms with Gasteiger partial charge in [0.05, 0.1) is 11.6 Å². The van der Waals surface area contributed by atoms with Gasteiger partial charge >= 0.3 is 0 Å². The lowest BCUT2D eigenvalue weighted by molar-refractivity contribution is -0.120. The summed E-state index contributed by atoms with van der Waals surface area (Å²) in [5, 5.41) is 17.4. The fourth-order valence-electron chi connectivity index (χ4n) is 2.99. The SMILES string of the molecule is CNC(=O)CCC(C=O)C(=N)c1ccc(N2CCNCC2)cc1NC. The molecule has 1 fully saturated rings. The number of hydrogen-bond acceptors (Lipinski definition) is 6. The zero-order valence-electron chi connectivity index (χ0n) is 14.9. The zero-order chi connectivity index (χ0) is 18.2. The normalized spacial score (nSPS) is 15.4. The van der Waals surface area contributed by atoms with Crippen molar-refractivity contribution in [2.45, 2.75) is 12.8 Å². The molecule has 7 heteroatoms. The number of piperazine rings is 1. The van der Waals surface area contributed by atoms with E-state index in [1.165, 1.54) is 0 Å². The largest absolute Gasteiger partial charge is 0.388 e. The summed E-state index contributed by atoms with van der Waals surface area (Å²) in [6, 6.07) is 5.91. The number of nitrogens with one attached hydrogen (secondary N) is 4. The first-order valence-electron chi connectivity index (χ1n) is 8.62. The lowest BCUT2D eigenvalue weighted by Gasteiger charge is -2.30. The second-order valence-corrected chi connectivity index (χ2v) is 6.09. The second-order valence-electron chi connectivity index (χ2n) is 6.09. The van der Waals surface area contributed by atoms with Gasteiger partial charge in [0.15, 0.2) is 0 Å². The van der Waals surface area contributed by atoms with E-state index in [4.69, 9.17) is 5.41 Å². The number of amides is 1. The summed E-state index contributed by atoms with van der Waals surface area (Å²) >= 11 is 0. The van der Waals surface area contributed by atoms with Crippen molar-refractivity contribution in [2.24, 2.45) is 5.92 Å². The monoisotopic (exact) mass is 345 g/mol. The lowest BCUT2D eigenvalue weighted by Crippen LogP contribution is -2.43. The molecular formula is C18H27N5O2. The van der Waals surface area contributed by atoms with Crippen LogP contribution in [0.3, 0.4) is 0 Å². The molecule has 1 atom stereocenters. The van der Waals surface area contributed by atoms with Crippen LogP contribution in [0.2, 0.25) is 0 Å². The Kier molecular flexibility index (Phi) is 6.94. The van der Waals surface area contributed by atoms with Crippen LogP contribution in [0.5, 0.6) is 0 Å². The van der Waals surface area contributed by atoms with E-state index in [0.29, 0.717) is 12.0 Å². The van der Waals surface area contributed by atoms with Gasteiger partial charge in [-0.1, -0.05) is 0 Å². The lowest BCUT2D eigenvalue weighted by atomic mass is 9.92. The molecule has 1 unspecified atom stereocenters. The van der Waals surface area contributed by atoms with Gasteiger partial charge in [-0.2, -0.15) is 0 Å². The highest BCUT2D eigenvalue weighted by atomic mass is 16.1. The maximum absolute atomic E-state index is 11.4. The third-order valence-corrected chi connectivity index (χ3v) is 4.54. The van der Waals surface area contributed by atoms with Gasteiger partial charge in [-0.05, 0) is 24.6 Å². The van der Waals surface area contributed by atoms with Crippen molar-refractivity contribution in [1.82, 2.24) is 10.6 Å². The number of aldehydes is 1. The molecule has 0 aromatic heterocycles. The Morgan fingerprint density at radius 1 is 1.36 bits per heavy atom. The summed E-state index contributed by atoms with van der Waals surface area (Å²) in [6.07, 6.45) is 1.33. The molecule has 1 aromatic carbocycles. The van der Waals surface area contributed by atoms with Crippen LogP contribution in [0.1, 0.15) is 18.4 Å². The maximum Gasteiger partial charge on any atom is 0.219 e. The fraction of sp³-hybridized carbons (Fsp3) is 0.500. The maximum atomic E-state index is 11.4. The molecule has 1 aromatic rings. The van der Waals surface area contributed by atoms with Crippen molar-refractivity contribution >= 4 is 29.3 Å². The highest BCUT2D eigenvalue weighted by Gasteiger charge is 2.20. The van der Waals surface area contributed by atoms with Gasteiger partial charge in [-0.25, -0.2) is 0 Å². The van der Waals surface area contributed by atoms with Gasteiger partial charge in [-0.3, -0.25) is 4.79 Å². The Balaban J connectivity index is 2.17. The smallest absolute Gasteiger partial charge is 0.219 e. The summed E-state index contributed by atoms with van der Waals surface area (Å²) in [7, 11) is 3.38. The Morgan fingerprint density at radius 2 is 2.08 bits per heavy atom. The number of rotatable bonds is 8. The molecule has 136 valence electrons. The molecule has 1 amide bonds. The summed E-state index contributed by atoms with van der Waals surface area (Å²) in [4.78, 5) is 25.1. The number of anilines is 2. The molecule has 0 bridgehead atoms. The van der Waals surface area contributed by atoms with Gasteiger partial charge in [0.25, 0.3) is 0 Å². The minimum absolute atomic E-state index is 0.123. The van der Waals surface area contributed by atoms with Gasteiger partial charge in [0.1, 0.15) is 6.29 Å². The average Bonchev–Trinajstić information content (AvgIpc) is 2.68. The van der Waals surface area contributed by atoms with E-state index < -0.39 is 5.92 Å². The van der Waals surface area contributed by atoms with Crippen LogP contribution < -0.4 is 20.9 Å². The molecule has 4 N–H and O–H groups in total. The minimum Gasteiger partial charge on any atom is -0.388 e. The number of nitrogens with zero attached hydrogens (tertiary/aromatic N) is 1. The molecule has 7 nitrogen and oxygen atoms in total. The van der Waals surface area contributed by atoms with Crippen molar-refractivity contribution in [3.63, 3.8) is 0 Å². The predicted molar refractivity (Wildman–Crippen MR) is 101 cm³/mol. The van der Waals surface area contributed by atoms with Crippen LogP contribution in [0.25, 0.3) is 0 Å². The molecule has 0 spiro atoms. The molecular weight excluding hydrogens is 318 g/mol. The molecule has 0 aliphatic carbocycles. The van der Waals surface area contributed by atoms with Crippen molar-refractivity contribution in [2.75, 3.05) is 50.5 Å². The quantitative estimate of drug-likeness (QED) is 0.414. The summed E-state index contributed by atoms with van der Waals surface area (Å²) in [6.45, 7) is 3.81. The summed E-state index contributed by atoms with van der Waals surface area (Å²) < 4.78 is 0. The number of hydrogen-bond donors (Lipinski definition) is 4. The highest BCUT2D eigenvalue weighted by Crippen LogP contribution is 2.26. The first kappa shape index (κ1) is 18.9. The molecule has 1 heterocycles. The van der Waals surface area contributed by atoms with E-state index in [1.54, 1.807) is 7.05 Å². The third-order valence-electron chi connectivity index (χ3n) is 4.54. The van der Waals surface area contributed by atoms with Gasteiger partial charge in [-0.15, -0.1) is 0 Å². The van der Waals surface area contributed by atoms with Crippen LogP contribution in [-0.2, 0) is 9.59 Å². The zero-order valence-corrected chi connectivity index (χ0v) is 14.9. The van der Waals surface area contributed by atoms with E-state index in [0.717, 1.165) is 43.8 Å². The third kappa shape index (κ3) is 4.79. The number of carbonyl (C=O) groups excluding carboxylic acids is 2. The number of benzene rings is 1. The highest BCUT2D eigenvalue weighted by molar-refractivity contribution is 6.10. The topological polar surface area (TPSA) is 97.3 Å². The van der Waals surface area contributed by atoms with Gasteiger partial charge < -0.3 is 31.1 Å². The van der Waals surface area contributed by atoms with Crippen molar-refractivity contribution in [3.8, 4) is 0 Å². The first-order valence-corrected chi connectivity index (χ1v) is 8.62. The fourth-order valence-corrected chi connectivity index (χ4v) is 2.99. The molecule has 1 saturated heterocycles. The van der Waals surface area contributed by atoms with Gasteiger partial charge in [0.2, 0.25) is 5.91 Å². The molecule has 0 radical (unpaired) electrons. The van der Waals surface area contributed by atoms with Crippen LogP contribution >= 0.6 is 0 Å². The van der Waals surface area contributed by atoms with Crippen molar-refractivity contribution < 1.29 is 9.59 Å². The molecule has 0 saturated carbocycles. The molecule has 1 aliphatic rings. The Bertz CT molecular complexity index is 626. The van der Waals surface area contributed by atoms with E-state index in [-0.39, 0.29) is 18.0 Å². The van der Waals surface area contributed by atoms with E-state index in [1.807, 2.05) is 25.2 Å². The van der Waals surface area contributed by atoms with Crippen LogP contribution in [0.4, 0.5) is 11.4 Å². The first-order chi connectivity index (χ1) is 12.1. The average molecular weight is 345 g/mol. The summed E-state index contributed by atoms with van der Waals surface area (Å²) in [5.41, 5.74) is 2.88. The molecule has 1 aliphatic heterocycles. The van der Waals surface area contributed by atoms with E-state index in [9.17, 15) is 9.59 Å². The van der Waals surface area contributed by atoms with Crippen LogP contribution in [0, 0.1) is 11.3 Å². The van der Waals surface area contributed by atoms with Crippen LogP contribution in [0.15, 0.2) is 18.2 Å². The standard InChI is InChI=1S/C18H27N5O2/c1-20-16-11-14(23-9-7-22-8-10-23)4-5-15(16)18(19)13(12-24)3-6-17(25)21-2/h4-5,11-13,19-20,22H,3,6-10H2,1-2H3,(H,21,25). The second kappa shape index (κ2) is 9.17. The number of carbonyl (C=O) groups is 2. The van der Waals surface area contributed by atoms with Crippen LogP contribution in [-0.4, -0.2) is 58.2 Å². The Labute approximate surface area is 148 Å². The Morgan fingerprint density at radius 3 is 2.68 bits per heavy atom. The molecule has 2 rings (SSSR count).